The number of thiophene rings is 1. The fraction of sp³-hybridized carbons (Fsp3) is 0.182. The van der Waals surface area contributed by atoms with E-state index in [0.29, 0.717) is 38.8 Å². The Morgan fingerprint density at radius 2 is 1.73 bits per heavy atom. The normalized spacial score (nSPS) is 12.6. The monoisotopic (exact) mass is 646 g/mol. The first-order valence-electron chi connectivity index (χ1n) is 14.1. The molecule has 10 nitrogen and oxygen atoms in total. The second-order valence-electron chi connectivity index (χ2n) is 10.7. The van der Waals surface area contributed by atoms with Crippen LogP contribution in [0.4, 0.5) is 0 Å². The number of aromatic nitrogens is 4. The zero-order valence-electron chi connectivity index (χ0n) is 23.6. The quantitative estimate of drug-likeness (QED) is 0.182. The van der Waals surface area contributed by atoms with Crippen LogP contribution in [-0.4, -0.2) is 83.6 Å². The van der Waals surface area contributed by atoms with Crippen molar-refractivity contribution >= 4 is 78.7 Å². The van der Waals surface area contributed by atoms with Gasteiger partial charge in [0, 0.05) is 16.0 Å². The average Bonchev–Trinajstić information content (AvgIpc) is 3.66. The van der Waals surface area contributed by atoms with Gasteiger partial charge >= 0.3 is 62.8 Å². The fourth-order valence-corrected chi connectivity index (χ4v) is 6.67. The molecule has 3 heterocycles. The molecule has 0 spiro atoms. The third kappa shape index (κ3) is 6.26. The summed E-state index contributed by atoms with van der Waals surface area (Å²) >= 11 is 1.48. The predicted molar refractivity (Wildman–Crippen MR) is 174 cm³/mol. The van der Waals surface area contributed by atoms with Crippen molar-refractivity contribution in [3.63, 3.8) is 0 Å². The maximum absolute atomic E-state index is 13.9. The molecule has 0 radical (unpaired) electrons. The van der Waals surface area contributed by atoms with E-state index in [1.54, 1.807) is 28.8 Å². The Morgan fingerprint density at radius 1 is 0.978 bits per heavy atom. The van der Waals surface area contributed by atoms with Gasteiger partial charge in [-0.15, -0.1) is 11.3 Å². The molecule has 0 bridgehead atoms. The van der Waals surface area contributed by atoms with Crippen LogP contribution < -0.4 is 21.7 Å². The number of H-pyrrole nitrogens is 1. The Morgan fingerprint density at radius 3 is 2.42 bits per heavy atom. The summed E-state index contributed by atoms with van der Waals surface area (Å²) in [5.74, 6) is 0.262. The summed E-state index contributed by atoms with van der Waals surface area (Å²) in [5, 5.41) is 4.27. The Labute approximate surface area is 302 Å². The molecule has 1 N–H and O–H groups in total. The number of hydrogen-bond acceptors (Lipinski definition) is 8. The summed E-state index contributed by atoms with van der Waals surface area (Å²) in [6, 6.07) is 23.8. The third-order valence-corrected chi connectivity index (χ3v) is 9.14. The minimum atomic E-state index is -0.633. The maximum atomic E-state index is 13.9. The van der Waals surface area contributed by atoms with E-state index in [1.165, 1.54) is 18.4 Å². The number of Topliss-reactive ketones (excluding diaryl/α,β-unsaturated/α-hetero) is 1. The van der Waals surface area contributed by atoms with Crippen LogP contribution in [0.25, 0.3) is 32.7 Å². The van der Waals surface area contributed by atoms with Crippen LogP contribution in [-0.2, 0) is 13.1 Å². The molecule has 6 aromatic rings. The van der Waals surface area contributed by atoms with E-state index in [2.05, 4.69) is 10.1 Å². The van der Waals surface area contributed by atoms with Crippen LogP contribution >= 0.6 is 11.3 Å². The SMILES string of the molecule is COc1cccc(C(=O)Cn2c(=O)c3cc(C4CC4)sc3n(Cc3ccc(-c4ccccc4-c4noc(=O)[nH]4)cc3)c2=O)c1.[KH]. The number of ketones is 1. The number of ether oxygens (including phenoxy) is 1. The molecule has 3 aromatic heterocycles. The molecule has 7 rings (SSSR count). The zero-order chi connectivity index (χ0) is 30.4. The molecule has 1 saturated carbocycles. The molecule has 0 amide bonds. The molecule has 3 aromatic carbocycles. The summed E-state index contributed by atoms with van der Waals surface area (Å²) in [4.78, 5) is 56.5. The van der Waals surface area contributed by atoms with Crippen LogP contribution in [0.2, 0.25) is 0 Å². The van der Waals surface area contributed by atoms with Crippen molar-refractivity contribution in [1.29, 1.82) is 0 Å². The standard InChI is InChI=1S/C33H26N4O6S.K.H/c1-42-23-6-4-5-22(15-23)27(38)18-36-30(39)26-16-28(21-13-14-21)44-31(26)37(33(36)41)17-19-9-11-20(12-10-19)24-7-2-3-8-25(24)29-34-32(40)43-35-29;;/h2-12,15-16,21H,13-14,17-18H2,1H3,(H,34,35,40);;. The third-order valence-electron chi connectivity index (χ3n) is 7.82. The summed E-state index contributed by atoms with van der Waals surface area (Å²) in [6.07, 6.45) is 2.12. The minimum absolute atomic E-state index is 0. The van der Waals surface area contributed by atoms with Crippen LogP contribution in [0.1, 0.15) is 39.6 Å². The number of fused-ring (bicyclic) bond motifs is 1. The Bertz CT molecular complexity index is 2220. The number of methoxy groups -OCH3 is 1. The molecule has 0 unspecified atom stereocenters. The molecule has 45 heavy (non-hydrogen) atoms. The van der Waals surface area contributed by atoms with Crippen molar-refractivity contribution in [3.8, 4) is 28.3 Å². The summed E-state index contributed by atoms with van der Waals surface area (Å²) in [6.45, 7) is -0.165. The first-order chi connectivity index (χ1) is 21.4. The van der Waals surface area contributed by atoms with Gasteiger partial charge in [0.1, 0.15) is 10.6 Å². The Kier molecular flexibility index (Phi) is 9.04. The van der Waals surface area contributed by atoms with Crippen molar-refractivity contribution in [3.05, 3.63) is 126 Å². The number of hydrogen-bond donors (Lipinski definition) is 1. The van der Waals surface area contributed by atoms with Gasteiger partial charge in [0.05, 0.1) is 25.6 Å². The first-order valence-corrected chi connectivity index (χ1v) is 14.9. The number of carbonyl (C=O) groups is 1. The van der Waals surface area contributed by atoms with Crippen LogP contribution in [0, 0.1) is 0 Å². The number of carbonyl (C=O) groups excluding carboxylic acids is 1. The summed E-state index contributed by atoms with van der Waals surface area (Å²) in [7, 11) is 1.51. The molecular formula is C33H27KN4O6S. The molecule has 1 fully saturated rings. The van der Waals surface area contributed by atoms with Crippen LogP contribution in [0.15, 0.2) is 97.8 Å². The van der Waals surface area contributed by atoms with E-state index >= 15 is 0 Å². The van der Waals surface area contributed by atoms with Gasteiger partial charge in [0.2, 0.25) is 0 Å². The van der Waals surface area contributed by atoms with Crippen LogP contribution in [0.5, 0.6) is 5.75 Å². The molecule has 0 aliphatic heterocycles. The number of aromatic amines is 1. The summed E-state index contributed by atoms with van der Waals surface area (Å²) in [5.41, 5.74) is 2.65. The Hall–Kier alpha value is -3.65. The van der Waals surface area contributed by atoms with Gasteiger partial charge in [0.25, 0.3) is 5.56 Å². The number of nitrogens with zero attached hydrogens (tertiary/aromatic N) is 3. The van der Waals surface area contributed by atoms with Crippen LogP contribution in [0.3, 0.4) is 0 Å². The van der Waals surface area contributed by atoms with E-state index in [1.807, 2.05) is 54.6 Å². The number of benzene rings is 3. The first kappa shape index (κ1) is 31.3. The molecule has 222 valence electrons. The van der Waals surface area contributed by atoms with Crippen molar-refractivity contribution in [2.45, 2.75) is 31.8 Å². The fourth-order valence-electron chi connectivity index (χ4n) is 5.36. The summed E-state index contributed by atoms with van der Waals surface area (Å²) < 4.78 is 12.6. The molecule has 0 saturated heterocycles. The Balaban J connectivity index is 0.00000357. The van der Waals surface area contributed by atoms with Crippen molar-refractivity contribution < 1.29 is 14.1 Å². The topological polar surface area (TPSA) is 129 Å². The zero-order valence-corrected chi connectivity index (χ0v) is 24.4. The van der Waals surface area contributed by atoms with Gasteiger partial charge in [-0.1, -0.05) is 65.8 Å². The number of nitrogens with one attached hydrogen (secondary N) is 1. The van der Waals surface area contributed by atoms with E-state index < -0.39 is 17.0 Å². The van der Waals surface area contributed by atoms with E-state index in [-0.39, 0.29) is 70.3 Å². The van der Waals surface area contributed by atoms with Gasteiger partial charge in [0.15, 0.2) is 11.6 Å². The predicted octanol–water partition coefficient (Wildman–Crippen LogP) is 4.40. The second kappa shape index (κ2) is 13.0. The second-order valence-corrected chi connectivity index (χ2v) is 11.8. The molecule has 12 heteroatoms. The molecule has 1 aliphatic carbocycles. The van der Waals surface area contributed by atoms with Gasteiger partial charge in [-0.2, -0.15) is 0 Å². The van der Waals surface area contributed by atoms with Gasteiger partial charge in [-0.3, -0.25) is 28.2 Å². The van der Waals surface area contributed by atoms with Crippen molar-refractivity contribution in [2.75, 3.05) is 7.11 Å². The van der Waals surface area contributed by atoms with Gasteiger partial charge in [-0.05, 0) is 53.6 Å². The van der Waals surface area contributed by atoms with Gasteiger partial charge < -0.3 is 4.74 Å². The van der Waals surface area contributed by atoms with Crippen molar-refractivity contribution in [2.24, 2.45) is 0 Å². The van der Waals surface area contributed by atoms with E-state index in [4.69, 9.17) is 9.26 Å². The van der Waals surface area contributed by atoms with E-state index in [9.17, 15) is 19.2 Å². The number of rotatable bonds is 9. The van der Waals surface area contributed by atoms with Gasteiger partial charge in [-0.25, -0.2) is 9.59 Å². The van der Waals surface area contributed by atoms with E-state index in [0.717, 1.165) is 39.0 Å². The molecular weight excluding hydrogens is 620 g/mol. The molecule has 0 atom stereocenters. The average molecular weight is 647 g/mol. The van der Waals surface area contributed by atoms with Crippen molar-refractivity contribution in [1.82, 2.24) is 19.3 Å². The molecule has 1 aliphatic rings.